The molecule has 0 aliphatic carbocycles. The van der Waals surface area contributed by atoms with Crippen molar-refractivity contribution in [2.24, 2.45) is 0 Å². The fraction of sp³-hybridized carbons (Fsp3) is 0.222. The first kappa shape index (κ1) is 16.5. The summed E-state index contributed by atoms with van der Waals surface area (Å²) in [5, 5.41) is 14.0. The van der Waals surface area contributed by atoms with Gasteiger partial charge in [0, 0.05) is 11.8 Å². The van der Waals surface area contributed by atoms with E-state index >= 15 is 0 Å². The van der Waals surface area contributed by atoms with E-state index in [1.54, 1.807) is 35.0 Å². The molecule has 1 aliphatic rings. The van der Waals surface area contributed by atoms with Crippen molar-refractivity contribution in [2.45, 2.75) is 25.7 Å². The minimum atomic E-state index is -4.02. The number of anilines is 1. The molecule has 0 bridgehead atoms. The van der Waals surface area contributed by atoms with Crippen LogP contribution in [0.15, 0.2) is 48.7 Å². The van der Waals surface area contributed by atoms with E-state index < -0.39 is 18.1 Å². The van der Waals surface area contributed by atoms with E-state index in [2.05, 4.69) is 9.84 Å². The number of ether oxygens (including phenoxy) is 1. The second-order valence-electron chi connectivity index (χ2n) is 6.07. The van der Waals surface area contributed by atoms with E-state index in [0.29, 0.717) is 5.69 Å². The normalized spacial score (nSPS) is 17.1. The number of halogens is 2. The second-order valence-corrected chi connectivity index (χ2v) is 6.07. The summed E-state index contributed by atoms with van der Waals surface area (Å²) >= 11 is 0. The number of benzene rings is 1. The third kappa shape index (κ3) is 2.50. The number of aliphatic hydroxyl groups excluding tert-OH is 1. The Morgan fingerprint density at radius 2 is 2.00 bits per heavy atom. The van der Waals surface area contributed by atoms with Crippen molar-refractivity contribution >= 4 is 17.1 Å². The zero-order valence-corrected chi connectivity index (χ0v) is 13.8. The molecule has 26 heavy (non-hydrogen) atoms. The Labute approximate surface area is 147 Å². The lowest BCUT2D eigenvalue weighted by Crippen LogP contribution is -2.50. The van der Waals surface area contributed by atoms with Crippen LogP contribution in [0.3, 0.4) is 0 Å². The van der Waals surface area contributed by atoms with Crippen LogP contribution < -0.4 is 9.64 Å². The van der Waals surface area contributed by atoms with Gasteiger partial charge in [0.25, 0.3) is 0 Å². The van der Waals surface area contributed by atoms with Gasteiger partial charge >= 0.3 is 12.0 Å². The minimum absolute atomic E-state index is 0.118. The third-order valence-electron chi connectivity index (χ3n) is 4.31. The lowest BCUT2D eigenvalue weighted by molar-refractivity contribution is -0.193. The van der Waals surface area contributed by atoms with E-state index in [-0.39, 0.29) is 23.5 Å². The van der Waals surface area contributed by atoms with Crippen LogP contribution in [0.4, 0.5) is 14.5 Å². The first-order chi connectivity index (χ1) is 12.4. The average Bonchev–Trinajstić information content (AvgIpc) is 3.07. The predicted molar refractivity (Wildman–Crippen MR) is 89.0 cm³/mol. The smallest absolute Gasteiger partial charge is 0.423 e. The van der Waals surface area contributed by atoms with Gasteiger partial charge in [-0.2, -0.15) is 13.9 Å². The summed E-state index contributed by atoms with van der Waals surface area (Å²) in [6.07, 6.45) is -3.45. The number of rotatable bonds is 3. The molecule has 0 saturated carbocycles. The molecule has 6 nitrogen and oxygen atoms in total. The minimum Gasteiger partial charge on any atom is -0.423 e. The van der Waals surface area contributed by atoms with Crippen LogP contribution in [-0.4, -0.2) is 26.7 Å². The van der Waals surface area contributed by atoms with Crippen LogP contribution in [-0.2, 0) is 11.3 Å². The van der Waals surface area contributed by atoms with E-state index in [0.717, 1.165) is 10.4 Å². The van der Waals surface area contributed by atoms with Crippen molar-refractivity contribution in [3.63, 3.8) is 0 Å². The van der Waals surface area contributed by atoms with E-state index in [1.165, 1.54) is 19.1 Å². The van der Waals surface area contributed by atoms with Crippen LogP contribution in [0.5, 0.6) is 5.75 Å². The number of aromatic nitrogens is 2. The maximum absolute atomic E-state index is 14.2. The molecule has 134 valence electrons. The average molecular weight is 359 g/mol. The highest BCUT2D eigenvalue weighted by atomic mass is 19.3. The Kier molecular flexibility index (Phi) is 3.66. The largest absolute Gasteiger partial charge is 0.483 e. The van der Waals surface area contributed by atoms with E-state index in [9.17, 15) is 18.7 Å². The van der Waals surface area contributed by atoms with Crippen molar-refractivity contribution in [3.8, 4) is 5.75 Å². The van der Waals surface area contributed by atoms with Crippen LogP contribution in [0, 0.1) is 0 Å². The van der Waals surface area contributed by atoms with Crippen molar-refractivity contribution in [3.05, 3.63) is 59.9 Å². The number of para-hydroxylation sites is 1. The summed E-state index contributed by atoms with van der Waals surface area (Å²) in [5.41, 5.74) is 1.72. The van der Waals surface area contributed by atoms with Crippen molar-refractivity contribution < 1.29 is 23.4 Å². The van der Waals surface area contributed by atoms with Gasteiger partial charge in [0.05, 0.1) is 29.5 Å². The lowest BCUT2D eigenvalue weighted by atomic mass is 10.1. The molecule has 0 saturated heterocycles. The number of pyridine rings is 1. The predicted octanol–water partition coefficient (Wildman–Crippen LogP) is 2.91. The SMILES string of the molecule is C[C@H](O)c1cccc2c1OC(F)(F)C(=O)N2Cc1cccc2ccnn12. The first-order valence-corrected chi connectivity index (χ1v) is 8.00. The molecule has 8 heteroatoms. The number of amides is 1. The number of hydrogen-bond acceptors (Lipinski definition) is 4. The molecule has 4 rings (SSSR count). The Balaban J connectivity index is 1.84. The Hall–Kier alpha value is -3.00. The molecule has 0 unspecified atom stereocenters. The Bertz CT molecular complexity index is 1000. The Morgan fingerprint density at radius 3 is 2.77 bits per heavy atom. The monoisotopic (exact) mass is 359 g/mol. The summed E-state index contributed by atoms with van der Waals surface area (Å²) in [4.78, 5) is 13.3. The number of alkyl halides is 2. The topological polar surface area (TPSA) is 67.1 Å². The van der Waals surface area contributed by atoms with Crippen LogP contribution in [0.1, 0.15) is 24.3 Å². The van der Waals surface area contributed by atoms with Gasteiger partial charge in [-0.15, -0.1) is 0 Å². The molecule has 2 aromatic heterocycles. The van der Waals surface area contributed by atoms with Crippen molar-refractivity contribution in [1.82, 2.24) is 9.61 Å². The van der Waals surface area contributed by atoms with Crippen molar-refractivity contribution in [1.29, 1.82) is 0 Å². The summed E-state index contributed by atoms with van der Waals surface area (Å²) in [5.74, 6) is -1.66. The summed E-state index contributed by atoms with van der Waals surface area (Å²) in [6.45, 7) is 1.33. The van der Waals surface area contributed by atoms with Gasteiger partial charge in [-0.05, 0) is 31.2 Å². The molecular formula is C18H15F2N3O3. The highest BCUT2D eigenvalue weighted by molar-refractivity contribution is 6.01. The van der Waals surface area contributed by atoms with Gasteiger partial charge in [0.1, 0.15) is 0 Å². The number of nitrogens with zero attached hydrogens (tertiary/aromatic N) is 3. The Morgan fingerprint density at radius 1 is 1.23 bits per heavy atom. The molecule has 1 aromatic carbocycles. The van der Waals surface area contributed by atoms with Gasteiger partial charge in [-0.3, -0.25) is 9.69 Å². The van der Waals surface area contributed by atoms with E-state index in [1.807, 2.05) is 6.07 Å². The third-order valence-corrected chi connectivity index (χ3v) is 4.31. The molecule has 3 aromatic rings. The molecule has 1 aliphatic heterocycles. The van der Waals surface area contributed by atoms with Crippen molar-refractivity contribution in [2.75, 3.05) is 4.90 Å². The number of aliphatic hydroxyl groups is 1. The van der Waals surface area contributed by atoms with Crippen LogP contribution in [0.2, 0.25) is 0 Å². The van der Waals surface area contributed by atoms with Gasteiger partial charge in [-0.1, -0.05) is 18.2 Å². The maximum atomic E-state index is 14.2. The molecule has 3 heterocycles. The maximum Gasteiger partial charge on any atom is 0.483 e. The second kappa shape index (κ2) is 5.77. The standard InChI is InChI=1S/C18H15F2N3O3/c1-11(24)14-6-3-7-15-16(14)26-18(19,20)17(25)22(15)10-13-5-2-4-12-8-9-21-23(12)13/h2-9,11,24H,10H2,1H3/t11-/m0/s1. The molecule has 1 N–H and O–H groups in total. The molecule has 0 spiro atoms. The summed E-state index contributed by atoms with van der Waals surface area (Å²) in [7, 11) is 0. The summed E-state index contributed by atoms with van der Waals surface area (Å²) < 4.78 is 34.7. The van der Waals surface area contributed by atoms with Gasteiger partial charge in [-0.25, -0.2) is 4.52 Å². The zero-order chi connectivity index (χ0) is 18.5. The summed E-state index contributed by atoms with van der Waals surface area (Å²) in [6, 6.07) is 11.7. The highest BCUT2D eigenvalue weighted by Gasteiger charge is 2.51. The van der Waals surface area contributed by atoms with Crippen LogP contribution >= 0.6 is 0 Å². The quantitative estimate of drug-likeness (QED) is 0.781. The molecule has 0 radical (unpaired) electrons. The number of hydrogen-bond donors (Lipinski definition) is 1. The highest BCUT2D eigenvalue weighted by Crippen LogP contribution is 2.44. The molecule has 1 amide bonds. The molecule has 0 fully saturated rings. The number of carbonyl (C=O) groups excluding carboxylic acids is 1. The van der Waals surface area contributed by atoms with Gasteiger partial charge < -0.3 is 9.84 Å². The molecule has 1 atom stereocenters. The van der Waals surface area contributed by atoms with E-state index in [4.69, 9.17) is 0 Å². The lowest BCUT2D eigenvalue weighted by Gasteiger charge is -2.35. The molecular weight excluding hydrogens is 344 g/mol. The first-order valence-electron chi connectivity index (χ1n) is 8.00. The number of fused-ring (bicyclic) bond motifs is 2. The van der Waals surface area contributed by atoms with Crippen LogP contribution in [0.25, 0.3) is 5.52 Å². The van der Waals surface area contributed by atoms with Gasteiger partial charge in [0.2, 0.25) is 0 Å². The number of carbonyl (C=O) groups is 1. The van der Waals surface area contributed by atoms with Gasteiger partial charge in [0.15, 0.2) is 5.75 Å². The fourth-order valence-corrected chi connectivity index (χ4v) is 3.08. The fourth-order valence-electron chi connectivity index (χ4n) is 3.08. The zero-order valence-electron chi connectivity index (χ0n) is 13.8.